The summed E-state index contributed by atoms with van der Waals surface area (Å²) in [5.74, 6) is -1.09. The predicted molar refractivity (Wildman–Crippen MR) is 65.6 cm³/mol. The summed E-state index contributed by atoms with van der Waals surface area (Å²) in [5.41, 5.74) is 0. The van der Waals surface area contributed by atoms with Gasteiger partial charge in [-0.25, -0.2) is 0 Å². The molecule has 0 aliphatic carbocycles. The fourth-order valence-corrected chi connectivity index (χ4v) is 5.01. The van der Waals surface area contributed by atoms with Crippen LogP contribution in [0, 0.1) is 0 Å². The molecule has 0 aromatic heterocycles. The van der Waals surface area contributed by atoms with Crippen molar-refractivity contribution in [2.24, 2.45) is 0 Å². The molecule has 0 radical (unpaired) electrons. The van der Waals surface area contributed by atoms with Gasteiger partial charge in [-0.15, -0.1) is 0 Å². The highest BCUT2D eigenvalue weighted by molar-refractivity contribution is 8.33. The quantitative estimate of drug-likeness (QED) is 0.785. The Bertz CT molecular complexity index is 338. The van der Waals surface area contributed by atoms with Crippen molar-refractivity contribution < 1.29 is 9.90 Å². The third-order valence-electron chi connectivity index (χ3n) is 1.25. The molecule has 2 rings (SSSR count). The summed E-state index contributed by atoms with van der Waals surface area (Å²) in [6.07, 6.45) is 0. The lowest BCUT2D eigenvalue weighted by Gasteiger charge is -2.02. The number of quaternary nitrogens is 1. The number of carbonyl (C=O) groups is 1. The molecule has 0 saturated heterocycles. The van der Waals surface area contributed by atoms with Gasteiger partial charge in [0.2, 0.25) is 0 Å². The van der Waals surface area contributed by atoms with Gasteiger partial charge >= 0.3 is 0 Å². The maximum atomic E-state index is 10.5. The molecule has 4 N–H and O–H groups in total. The number of rotatable bonds is 1. The van der Waals surface area contributed by atoms with E-state index in [4.69, 9.17) is 0 Å². The number of carboxylic acids is 1. The Morgan fingerprint density at radius 1 is 1.14 bits per heavy atom. The predicted octanol–water partition coefficient (Wildman–Crippen LogP) is 2.51. The molecule has 0 saturated carbocycles. The van der Waals surface area contributed by atoms with Crippen molar-refractivity contribution in [3.05, 3.63) is 29.6 Å². The van der Waals surface area contributed by atoms with Gasteiger partial charge < -0.3 is 16.1 Å². The van der Waals surface area contributed by atoms with Crippen molar-refractivity contribution in [1.29, 1.82) is 0 Å². The molecule has 2 aliphatic heterocycles. The number of carbonyl (C=O) groups excluding carboxylic acids is 1. The van der Waals surface area contributed by atoms with Gasteiger partial charge in [0, 0.05) is 4.91 Å². The molecule has 0 amide bonds. The van der Waals surface area contributed by atoms with Gasteiger partial charge in [-0.05, 0) is 16.2 Å². The summed E-state index contributed by atoms with van der Waals surface area (Å²) in [4.78, 5) is 10.8. The molecule has 2 aliphatic rings. The smallest absolute Gasteiger partial charge is 0.0788 e. The van der Waals surface area contributed by atoms with E-state index >= 15 is 0 Å². The van der Waals surface area contributed by atoms with E-state index in [2.05, 4.69) is 0 Å². The SMILES string of the molecule is O=C([O-])C1=CSC(=C2SC=CS2)S1.[NH4+]. The van der Waals surface area contributed by atoms with Crippen LogP contribution >= 0.6 is 47.0 Å². The van der Waals surface area contributed by atoms with Crippen LogP contribution < -0.4 is 11.3 Å². The van der Waals surface area contributed by atoms with Gasteiger partial charge in [-0.1, -0.05) is 47.0 Å². The summed E-state index contributed by atoms with van der Waals surface area (Å²) in [6, 6.07) is 0. The molecule has 0 aromatic rings. The van der Waals surface area contributed by atoms with E-state index in [1.165, 1.54) is 23.5 Å². The first kappa shape index (κ1) is 12.1. The maximum absolute atomic E-state index is 10.5. The van der Waals surface area contributed by atoms with Crippen molar-refractivity contribution in [2.45, 2.75) is 0 Å². The molecule has 0 bridgehead atoms. The molecule has 0 aromatic carbocycles. The summed E-state index contributed by atoms with van der Waals surface area (Å²) in [5, 5.41) is 16.1. The second-order valence-corrected chi connectivity index (χ2v) is 6.35. The number of thioether (sulfide) groups is 4. The van der Waals surface area contributed by atoms with E-state index < -0.39 is 5.97 Å². The molecular weight excluding hydrogens is 258 g/mol. The average molecular weight is 265 g/mol. The second-order valence-electron chi connectivity index (χ2n) is 2.07. The molecule has 0 unspecified atom stereocenters. The van der Waals surface area contributed by atoms with Crippen LogP contribution in [0.4, 0.5) is 0 Å². The van der Waals surface area contributed by atoms with E-state index in [0.29, 0.717) is 4.91 Å². The minimum atomic E-state index is -1.09. The standard InChI is InChI=1S/C7H4O2S4.H3N/c8-5(9)4-3-12-7(13-4)6-10-1-2-11-6;/h1-3H,(H,8,9);1H3. The van der Waals surface area contributed by atoms with Crippen molar-refractivity contribution in [1.82, 2.24) is 6.15 Å². The topological polar surface area (TPSA) is 76.6 Å². The lowest BCUT2D eigenvalue weighted by atomic mass is 10.7. The zero-order valence-electron chi connectivity index (χ0n) is 7.18. The van der Waals surface area contributed by atoms with Crippen LogP contribution in [-0.4, -0.2) is 5.97 Å². The third kappa shape index (κ3) is 2.54. The molecule has 14 heavy (non-hydrogen) atoms. The van der Waals surface area contributed by atoms with Crippen LogP contribution in [0.25, 0.3) is 0 Å². The second kappa shape index (κ2) is 5.22. The summed E-state index contributed by atoms with van der Waals surface area (Å²) in [7, 11) is 0. The van der Waals surface area contributed by atoms with Gasteiger partial charge in [0.1, 0.15) is 0 Å². The lowest BCUT2D eigenvalue weighted by Crippen LogP contribution is -2.22. The highest BCUT2D eigenvalue weighted by atomic mass is 32.2. The Hall–Kier alpha value is 0.0500. The van der Waals surface area contributed by atoms with Crippen molar-refractivity contribution in [3.8, 4) is 0 Å². The van der Waals surface area contributed by atoms with Crippen LogP contribution in [0.3, 0.4) is 0 Å². The number of hydrogen-bond donors (Lipinski definition) is 1. The lowest BCUT2D eigenvalue weighted by molar-refractivity contribution is -0.298. The summed E-state index contributed by atoms with van der Waals surface area (Å²) in [6.45, 7) is 0. The average Bonchev–Trinajstić information content (AvgIpc) is 2.75. The van der Waals surface area contributed by atoms with Gasteiger partial charge in [0.25, 0.3) is 0 Å². The fraction of sp³-hybridized carbons (Fsp3) is 0. The molecule has 0 fully saturated rings. The zero-order chi connectivity index (χ0) is 9.26. The van der Waals surface area contributed by atoms with E-state index in [9.17, 15) is 9.90 Å². The highest BCUT2D eigenvalue weighted by Gasteiger charge is 2.18. The van der Waals surface area contributed by atoms with Gasteiger partial charge in [0.05, 0.1) is 14.4 Å². The van der Waals surface area contributed by atoms with E-state index in [-0.39, 0.29) is 6.15 Å². The van der Waals surface area contributed by atoms with Crippen LogP contribution in [0.1, 0.15) is 0 Å². The number of aliphatic carboxylic acids is 1. The van der Waals surface area contributed by atoms with E-state index in [0.717, 1.165) is 8.47 Å². The Kier molecular flexibility index (Phi) is 4.52. The first-order chi connectivity index (χ1) is 6.27. The first-order valence-corrected chi connectivity index (χ1v) is 6.71. The van der Waals surface area contributed by atoms with E-state index in [1.54, 1.807) is 28.9 Å². The van der Waals surface area contributed by atoms with E-state index in [1.807, 2.05) is 10.8 Å². The monoisotopic (exact) mass is 265 g/mol. The molecule has 0 atom stereocenters. The van der Waals surface area contributed by atoms with Gasteiger partial charge in [0.15, 0.2) is 0 Å². The van der Waals surface area contributed by atoms with Gasteiger partial charge in [-0.3, -0.25) is 0 Å². The Labute approximate surface area is 98.4 Å². The van der Waals surface area contributed by atoms with Crippen LogP contribution in [-0.2, 0) is 4.79 Å². The molecule has 0 spiro atoms. The third-order valence-corrected chi connectivity index (χ3v) is 6.25. The minimum Gasteiger partial charge on any atom is -0.544 e. The van der Waals surface area contributed by atoms with Crippen LogP contribution in [0.15, 0.2) is 29.6 Å². The Morgan fingerprint density at radius 2 is 1.79 bits per heavy atom. The number of hydrogen-bond acceptors (Lipinski definition) is 6. The maximum Gasteiger partial charge on any atom is 0.0788 e. The Balaban J connectivity index is 0.000000980. The normalized spacial score (nSPS) is 19.6. The molecule has 3 nitrogen and oxygen atoms in total. The Morgan fingerprint density at radius 3 is 2.29 bits per heavy atom. The molecule has 2 heterocycles. The fourth-order valence-electron chi connectivity index (χ4n) is 0.738. The minimum absolute atomic E-state index is 0. The number of carboxylic acid groups (broad SMARTS) is 1. The molecule has 7 heteroatoms. The largest absolute Gasteiger partial charge is 0.544 e. The summed E-state index contributed by atoms with van der Waals surface area (Å²) < 4.78 is 2.20. The van der Waals surface area contributed by atoms with Crippen molar-refractivity contribution in [2.75, 3.05) is 0 Å². The van der Waals surface area contributed by atoms with Crippen LogP contribution in [0.5, 0.6) is 0 Å². The van der Waals surface area contributed by atoms with Gasteiger partial charge in [-0.2, -0.15) is 0 Å². The van der Waals surface area contributed by atoms with Crippen molar-refractivity contribution in [3.63, 3.8) is 0 Å². The summed E-state index contributed by atoms with van der Waals surface area (Å²) >= 11 is 5.98. The molecule has 76 valence electrons. The first-order valence-electron chi connectivity index (χ1n) is 3.26. The van der Waals surface area contributed by atoms with Crippen LogP contribution in [0.2, 0.25) is 0 Å². The molecular formula is C7H7NO2S4. The van der Waals surface area contributed by atoms with Crippen molar-refractivity contribution >= 4 is 53.0 Å². The zero-order valence-corrected chi connectivity index (χ0v) is 10.4. The highest BCUT2D eigenvalue weighted by Crippen LogP contribution is 2.52.